The molecule has 0 radical (unpaired) electrons. The van der Waals surface area contributed by atoms with Crippen LogP contribution in [-0.4, -0.2) is 41.2 Å². The van der Waals surface area contributed by atoms with E-state index >= 15 is 0 Å². The highest BCUT2D eigenvalue weighted by Crippen LogP contribution is 2.41. The van der Waals surface area contributed by atoms with Crippen LogP contribution in [0.3, 0.4) is 0 Å². The Hall–Kier alpha value is -2.39. The minimum atomic E-state index is -1.06. The monoisotopic (exact) mass is 542 g/mol. The van der Waals surface area contributed by atoms with Crippen molar-refractivity contribution in [2.24, 2.45) is 0 Å². The first-order chi connectivity index (χ1) is 17.5. The normalized spacial score (nSPS) is 26.4. The quantitative estimate of drug-likeness (QED) is 0.390. The van der Waals surface area contributed by atoms with Gasteiger partial charge in [-0.1, -0.05) is 29.8 Å². The van der Waals surface area contributed by atoms with Crippen molar-refractivity contribution in [1.29, 1.82) is 0 Å². The minimum Gasteiger partial charge on any atom is -0.474 e. The Bertz CT molecular complexity index is 1210. The van der Waals surface area contributed by atoms with E-state index < -0.39 is 10.8 Å². The van der Waals surface area contributed by atoms with Crippen molar-refractivity contribution >= 4 is 46.4 Å². The van der Waals surface area contributed by atoms with E-state index in [0.29, 0.717) is 21.5 Å². The largest absolute Gasteiger partial charge is 0.474 e. The van der Waals surface area contributed by atoms with Crippen molar-refractivity contribution in [1.82, 2.24) is 10.3 Å². The van der Waals surface area contributed by atoms with Gasteiger partial charge in [0.25, 0.3) is 0 Å². The smallest absolute Gasteiger partial charge is 0.242 e. The zero-order chi connectivity index (χ0) is 25.1. The van der Waals surface area contributed by atoms with Crippen molar-refractivity contribution in [3.8, 4) is 5.88 Å². The fraction of sp³-hybridized carbons (Fsp3) is 0.370. The van der Waals surface area contributed by atoms with Gasteiger partial charge < -0.3 is 14.8 Å². The molecule has 1 saturated carbocycles. The van der Waals surface area contributed by atoms with Crippen LogP contribution < -0.4 is 10.1 Å². The second-order valence-corrected chi connectivity index (χ2v) is 11.4. The van der Waals surface area contributed by atoms with Crippen molar-refractivity contribution in [3.63, 3.8) is 0 Å². The Morgan fingerprint density at radius 1 is 1.06 bits per heavy atom. The van der Waals surface area contributed by atoms with Crippen LogP contribution in [0.25, 0.3) is 0 Å². The van der Waals surface area contributed by atoms with Gasteiger partial charge in [-0.2, -0.15) is 11.3 Å². The summed E-state index contributed by atoms with van der Waals surface area (Å²) in [4.78, 5) is 32.4. The maximum atomic E-state index is 13.5. The molecule has 36 heavy (non-hydrogen) atoms. The molecule has 2 aromatic heterocycles. The highest BCUT2D eigenvalue weighted by atomic mass is 35.5. The predicted molar refractivity (Wildman–Crippen MR) is 142 cm³/mol. The number of aromatic nitrogens is 1. The number of ether oxygens (including phenoxy) is 2. The van der Waals surface area contributed by atoms with Crippen molar-refractivity contribution in [2.75, 3.05) is 7.11 Å². The number of Topliss-reactive ketones (excluding diaryl/α,β-unsaturated/α-hetero) is 1. The van der Waals surface area contributed by atoms with Gasteiger partial charge in [0.1, 0.15) is 16.9 Å². The summed E-state index contributed by atoms with van der Waals surface area (Å²) >= 11 is 8.99. The topological polar surface area (TPSA) is 77.5 Å². The van der Waals surface area contributed by atoms with Crippen LogP contribution >= 0.6 is 34.7 Å². The van der Waals surface area contributed by atoms with Gasteiger partial charge in [-0.05, 0) is 66.3 Å². The van der Waals surface area contributed by atoms with Crippen LogP contribution in [-0.2, 0) is 19.9 Å². The molecule has 5 rings (SSSR count). The van der Waals surface area contributed by atoms with E-state index in [-0.39, 0.29) is 30.3 Å². The Kier molecular flexibility index (Phi) is 7.67. The van der Waals surface area contributed by atoms with Crippen LogP contribution in [0.2, 0.25) is 5.02 Å². The molecule has 1 N–H and O–H groups in total. The van der Waals surface area contributed by atoms with Gasteiger partial charge in [0, 0.05) is 24.5 Å². The SMILES string of the molecule is COC1CCC(Oc2cccc(C3(c4ccsc4)CC(=O)C(Sc4ccccc4Cl)C(=O)N3)n2)CC1. The Morgan fingerprint density at radius 3 is 2.53 bits per heavy atom. The number of rotatable bonds is 7. The van der Waals surface area contributed by atoms with Gasteiger partial charge >= 0.3 is 0 Å². The molecule has 2 unspecified atom stereocenters. The molecular formula is C27H27ClN2O4S2. The number of hydrogen-bond acceptors (Lipinski definition) is 7. The third-order valence-electron chi connectivity index (χ3n) is 6.80. The summed E-state index contributed by atoms with van der Waals surface area (Å²) in [6, 6.07) is 14.7. The molecule has 1 saturated heterocycles. The standard InChI is InChI=1S/C27H27ClN2O4S2/c1-33-18-9-11-19(12-10-18)34-24-8-4-7-23(29-24)27(17-13-14-35-16-17)15-21(31)25(26(32)30-27)36-22-6-3-2-5-20(22)28/h2-8,13-14,16,18-19,25H,9-12,15H2,1H3,(H,30,32). The molecule has 1 amide bonds. The molecule has 9 heteroatoms. The maximum Gasteiger partial charge on any atom is 0.242 e. The predicted octanol–water partition coefficient (Wildman–Crippen LogP) is 5.63. The second kappa shape index (κ2) is 10.9. The molecule has 0 spiro atoms. The molecule has 0 bridgehead atoms. The van der Waals surface area contributed by atoms with Crippen LogP contribution in [0.15, 0.2) is 64.2 Å². The Labute approximate surface area is 223 Å². The number of ketones is 1. The summed E-state index contributed by atoms with van der Waals surface area (Å²) in [7, 11) is 1.75. The molecule has 188 valence electrons. The van der Waals surface area contributed by atoms with E-state index in [4.69, 9.17) is 26.1 Å². The maximum absolute atomic E-state index is 13.5. The fourth-order valence-electron chi connectivity index (χ4n) is 4.87. The number of piperidine rings is 1. The van der Waals surface area contributed by atoms with Crippen LogP contribution in [0.4, 0.5) is 0 Å². The molecule has 6 nitrogen and oxygen atoms in total. The number of nitrogens with one attached hydrogen (secondary N) is 1. The molecule has 3 aromatic rings. The molecule has 2 aliphatic rings. The Morgan fingerprint density at radius 2 is 1.83 bits per heavy atom. The first-order valence-corrected chi connectivity index (χ1v) is 14.1. The van der Waals surface area contributed by atoms with Crippen molar-refractivity contribution < 1.29 is 19.1 Å². The number of hydrogen-bond donors (Lipinski definition) is 1. The van der Waals surface area contributed by atoms with Crippen LogP contribution in [0, 0.1) is 0 Å². The molecule has 1 aromatic carbocycles. The number of amides is 1. The lowest BCUT2D eigenvalue weighted by molar-refractivity contribution is -0.133. The number of halogens is 1. The van der Waals surface area contributed by atoms with E-state index in [1.54, 1.807) is 13.2 Å². The van der Waals surface area contributed by atoms with Crippen LogP contribution in [0.5, 0.6) is 5.88 Å². The van der Waals surface area contributed by atoms with E-state index in [1.165, 1.54) is 23.1 Å². The van der Waals surface area contributed by atoms with E-state index in [1.807, 2.05) is 53.2 Å². The number of nitrogens with zero attached hydrogens (tertiary/aromatic N) is 1. The number of thiophene rings is 1. The van der Waals surface area contributed by atoms with E-state index in [0.717, 1.165) is 31.2 Å². The highest BCUT2D eigenvalue weighted by molar-refractivity contribution is 8.01. The second-order valence-electron chi connectivity index (χ2n) is 9.09. The molecular weight excluding hydrogens is 516 g/mol. The summed E-state index contributed by atoms with van der Waals surface area (Å²) in [5.74, 6) is -0.0218. The highest BCUT2D eigenvalue weighted by Gasteiger charge is 2.48. The number of benzene rings is 1. The van der Waals surface area contributed by atoms with Crippen molar-refractivity contribution in [3.05, 3.63) is 75.6 Å². The van der Waals surface area contributed by atoms with Gasteiger partial charge in [0.05, 0.1) is 16.8 Å². The van der Waals surface area contributed by atoms with Gasteiger partial charge in [-0.3, -0.25) is 9.59 Å². The fourth-order valence-corrected chi connectivity index (χ4v) is 6.84. The first kappa shape index (κ1) is 25.3. The summed E-state index contributed by atoms with van der Waals surface area (Å²) in [5, 5.41) is 6.69. The lowest BCUT2D eigenvalue weighted by Gasteiger charge is -2.39. The average Bonchev–Trinajstić information content (AvgIpc) is 3.44. The summed E-state index contributed by atoms with van der Waals surface area (Å²) < 4.78 is 11.7. The van der Waals surface area contributed by atoms with Crippen molar-refractivity contribution in [2.45, 2.75) is 60.0 Å². The van der Waals surface area contributed by atoms with Gasteiger partial charge in [0.15, 0.2) is 5.78 Å². The molecule has 1 aliphatic heterocycles. The average molecular weight is 543 g/mol. The van der Waals surface area contributed by atoms with Crippen LogP contribution in [0.1, 0.15) is 43.4 Å². The number of carbonyl (C=O) groups is 2. The van der Waals surface area contributed by atoms with Gasteiger partial charge in [-0.25, -0.2) is 4.98 Å². The van der Waals surface area contributed by atoms with Gasteiger partial charge in [-0.15, -0.1) is 11.8 Å². The lowest BCUT2D eigenvalue weighted by Crippen LogP contribution is -2.58. The molecule has 2 atom stereocenters. The third kappa shape index (κ3) is 5.18. The number of thioether (sulfide) groups is 1. The van der Waals surface area contributed by atoms with E-state index in [2.05, 4.69) is 5.32 Å². The third-order valence-corrected chi connectivity index (χ3v) is 9.25. The summed E-state index contributed by atoms with van der Waals surface area (Å²) in [6.45, 7) is 0. The van der Waals surface area contributed by atoms with E-state index in [9.17, 15) is 9.59 Å². The number of carbonyl (C=O) groups excluding carboxylic acids is 2. The zero-order valence-corrected chi connectivity index (χ0v) is 22.2. The Balaban J connectivity index is 1.41. The first-order valence-electron chi connectivity index (χ1n) is 11.9. The number of methoxy groups -OCH3 is 1. The molecule has 2 fully saturated rings. The summed E-state index contributed by atoms with van der Waals surface area (Å²) in [6.07, 6.45) is 4.14. The number of pyridine rings is 1. The minimum absolute atomic E-state index is 0.0650. The zero-order valence-electron chi connectivity index (χ0n) is 19.8. The molecule has 3 heterocycles. The summed E-state index contributed by atoms with van der Waals surface area (Å²) in [5.41, 5.74) is 0.367. The lowest BCUT2D eigenvalue weighted by atomic mass is 9.79. The molecule has 1 aliphatic carbocycles. The van der Waals surface area contributed by atoms with Gasteiger partial charge in [0.2, 0.25) is 11.8 Å².